The monoisotopic (exact) mass is 330 g/mol. The molecular weight excluding hydrogens is 300 g/mol. The minimum Gasteiger partial charge on any atom is -0.444 e. The van der Waals surface area contributed by atoms with Crippen LogP contribution in [0.2, 0.25) is 0 Å². The van der Waals surface area contributed by atoms with Crippen LogP contribution in [-0.2, 0) is 9.47 Å². The van der Waals surface area contributed by atoms with Crippen molar-refractivity contribution in [3.8, 4) is 0 Å². The number of alkyl carbamates (subject to hydrolysis) is 1. The molecule has 0 atom stereocenters. The van der Waals surface area contributed by atoms with E-state index in [9.17, 15) is 14.7 Å². The molecule has 0 radical (unpaired) electrons. The molecule has 0 aliphatic carbocycles. The first kappa shape index (κ1) is 19.5. The van der Waals surface area contributed by atoms with E-state index in [1.165, 1.54) is 0 Å². The summed E-state index contributed by atoms with van der Waals surface area (Å²) in [5, 5.41) is 12.0. The average Bonchev–Trinajstić information content (AvgIpc) is 2.27. The number of likely N-dealkylation sites (tertiary alicyclic amines) is 1. The quantitative estimate of drug-likeness (QED) is 0.824. The molecule has 134 valence electrons. The maximum Gasteiger partial charge on any atom is 0.410 e. The Balaban J connectivity index is 2.51. The largest absolute Gasteiger partial charge is 0.444 e. The first-order valence-electron chi connectivity index (χ1n) is 7.91. The fraction of sp³-hybridized carbons (Fsp3) is 0.875. The van der Waals surface area contributed by atoms with Crippen molar-refractivity contribution < 1.29 is 24.2 Å². The van der Waals surface area contributed by atoms with Gasteiger partial charge in [-0.15, -0.1) is 0 Å². The number of aliphatic hydroxyl groups excluding tert-OH is 1. The van der Waals surface area contributed by atoms with E-state index in [2.05, 4.69) is 5.32 Å². The Bertz CT molecular complexity index is 425. The Morgan fingerprint density at radius 3 is 2.04 bits per heavy atom. The Kier molecular flexibility index (Phi) is 5.90. The van der Waals surface area contributed by atoms with Gasteiger partial charge in [0.15, 0.2) is 0 Å². The standard InChI is InChI=1S/C16H30N2O5/c1-14(2,3)22-12(20)17-9-16(7-8-19)10-18(11-16)13(21)23-15(4,5)6/h19H,7-11H2,1-6H3,(H,17,20). The van der Waals surface area contributed by atoms with Gasteiger partial charge in [-0.05, 0) is 48.0 Å². The third kappa shape index (κ3) is 6.64. The number of rotatable bonds is 4. The van der Waals surface area contributed by atoms with E-state index in [-0.39, 0.29) is 18.1 Å². The zero-order valence-electron chi connectivity index (χ0n) is 15.1. The number of carbonyl (C=O) groups excluding carboxylic acids is 2. The van der Waals surface area contributed by atoms with Crippen molar-refractivity contribution in [3.63, 3.8) is 0 Å². The predicted octanol–water partition coefficient (Wildman–Crippen LogP) is 2.13. The fourth-order valence-corrected chi connectivity index (χ4v) is 2.39. The molecule has 0 saturated carbocycles. The topological polar surface area (TPSA) is 88.1 Å². The van der Waals surface area contributed by atoms with Crippen molar-refractivity contribution >= 4 is 12.2 Å². The van der Waals surface area contributed by atoms with Crippen LogP contribution in [0.4, 0.5) is 9.59 Å². The highest BCUT2D eigenvalue weighted by atomic mass is 16.6. The zero-order chi connectivity index (χ0) is 17.9. The highest BCUT2D eigenvalue weighted by molar-refractivity contribution is 5.70. The zero-order valence-corrected chi connectivity index (χ0v) is 15.1. The molecule has 0 spiro atoms. The van der Waals surface area contributed by atoms with E-state index in [1.807, 2.05) is 20.8 Å². The first-order chi connectivity index (χ1) is 10.4. The van der Waals surface area contributed by atoms with Crippen LogP contribution < -0.4 is 5.32 Å². The molecule has 0 aromatic heterocycles. The Morgan fingerprint density at radius 1 is 1.09 bits per heavy atom. The summed E-state index contributed by atoms with van der Waals surface area (Å²) in [6.07, 6.45) is -0.365. The fourth-order valence-electron chi connectivity index (χ4n) is 2.39. The lowest BCUT2D eigenvalue weighted by Crippen LogP contribution is -2.63. The molecule has 23 heavy (non-hydrogen) atoms. The van der Waals surface area contributed by atoms with Crippen LogP contribution in [0.1, 0.15) is 48.0 Å². The molecule has 7 nitrogen and oxygen atoms in total. The van der Waals surface area contributed by atoms with Crippen LogP contribution in [0.25, 0.3) is 0 Å². The van der Waals surface area contributed by atoms with Crippen LogP contribution in [0.3, 0.4) is 0 Å². The van der Waals surface area contributed by atoms with Gasteiger partial charge in [-0.3, -0.25) is 0 Å². The summed E-state index contributed by atoms with van der Waals surface area (Å²) >= 11 is 0. The van der Waals surface area contributed by atoms with Gasteiger partial charge in [-0.25, -0.2) is 9.59 Å². The molecular formula is C16H30N2O5. The number of amides is 2. The summed E-state index contributed by atoms with van der Waals surface area (Å²) < 4.78 is 10.5. The van der Waals surface area contributed by atoms with E-state index in [4.69, 9.17) is 9.47 Å². The lowest BCUT2D eigenvalue weighted by molar-refractivity contribution is -0.0426. The van der Waals surface area contributed by atoms with Gasteiger partial charge in [0.25, 0.3) is 0 Å². The molecule has 1 saturated heterocycles. The molecule has 1 fully saturated rings. The molecule has 0 aromatic rings. The second-order valence-electron chi connectivity index (χ2n) is 8.17. The average molecular weight is 330 g/mol. The summed E-state index contributed by atoms with van der Waals surface area (Å²) in [6, 6.07) is 0. The van der Waals surface area contributed by atoms with E-state index >= 15 is 0 Å². The van der Waals surface area contributed by atoms with Crippen molar-refractivity contribution in [2.75, 3.05) is 26.2 Å². The molecule has 0 unspecified atom stereocenters. The van der Waals surface area contributed by atoms with Gasteiger partial charge in [0.1, 0.15) is 11.2 Å². The van der Waals surface area contributed by atoms with E-state index in [0.29, 0.717) is 26.1 Å². The minimum atomic E-state index is -0.559. The van der Waals surface area contributed by atoms with Gasteiger partial charge < -0.3 is 24.8 Å². The van der Waals surface area contributed by atoms with Gasteiger partial charge in [-0.1, -0.05) is 0 Å². The molecule has 1 aliphatic rings. The van der Waals surface area contributed by atoms with Crippen molar-refractivity contribution in [1.82, 2.24) is 10.2 Å². The number of nitrogens with zero attached hydrogens (tertiary/aromatic N) is 1. The number of carbonyl (C=O) groups is 2. The van der Waals surface area contributed by atoms with E-state index < -0.39 is 17.3 Å². The summed E-state index contributed by atoms with van der Waals surface area (Å²) in [7, 11) is 0. The highest BCUT2D eigenvalue weighted by Crippen LogP contribution is 2.34. The van der Waals surface area contributed by atoms with E-state index in [1.54, 1.807) is 25.7 Å². The lowest BCUT2D eigenvalue weighted by Gasteiger charge is -2.49. The Labute approximate surface area is 138 Å². The Hall–Kier alpha value is -1.50. The number of hydrogen-bond acceptors (Lipinski definition) is 5. The van der Waals surface area contributed by atoms with Gasteiger partial charge >= 0.3 is 12.2 Å². The second kappa shape index (κ2) is 6.95. The number of aliphatic hydroxyl groups is 1. The number of hydrogen-bond donors (Lipinski definition) is 2. The smallest absolute Gasteiger partial charge is 0.410 e. The van der Waals surface area contributed by atoms with Crippen LogP contribution in [-0.4, -0.2) is 59.6 Å². The molecule has 1 aliphatic heterocycles. The number of ether oxygens (including phenoxy) is 2. The molecule has 2 amide bonds. The van der Waals surface area contributed by atoms with Crippen LogP contribution >= 0.6 is 0 Å². The van der Waals surface area contributed by atoms with Gasteiger partial charge in [-0.2, -0.15) is 0 Å². The minimum absolute atomic E-state index is 0.00183. The normalized spacial score (nSPS) is 17.3. The van der Waals surface area contributed by atoms with Gasteiger partial charge in [0.2, 0.25) is 0 Å². The van der Waals surface area contributed by atoms with Gasteiger partial charge in [0.05, 0.1) is 0 Å². The molecule has 0 bridgehead atoms. The Morgan fingerprint density at radius 2 is 1.61 bits per heavy atom. The molecule has 0 aromatic carbocycles. The van der Waals surface area contributed by atoms with Crippen molar-refractivity contribution in [1.29, 1.82) is 0 Å². The lowest BCUT2D eigenvalue weighted by atomic mass is 9.77. The van der Waals surface area contributed by atoms with Crippen LogP contribution in [0.5, 0.6) is 0 Å². The summed E-state index contributed by atoms with van der Waals surface area (Å²) in [6.45, 7) is 12.1. The van der Waals surface area contributed by atoms with E-state index in [0.717, 1.165) is 0 Å². The van der Waals surface area contributed by atoms with Crippen molar-refractivity contribution in [2.24, 2.45) is 5.41 Å². The van der Waals surface area contributed by atoms with Crippen molar-refractivity contribution in [2.45, 2.75) is 59.2 Å². The highest BCUT2D eigenvalue weighted by Gasteiger charge is 2.46. The van der Waals surface area contributed by atoms with Crippen LogP contribution in [0, 0.1) is 5.41 Å². The molecule has 7 heteroatoms. The summed E-state index contributed by atoms with van der Waals surface area (Å²) in [4.78, 5) is 25.3. The summed E-state index contributed by atoms with van der Waals surface area (Å²) in [5.41, 5.74) is -1.43. The predicted molar refractivity (Wildman–Crippen MR) is 86.2 cm³/mol. The molecule has 2 N–H and O–H groups in total. The van der Waals surface area contributed by atoms with Gasteiger partial charge in [0, 0.05) is 31.7 Å². The first-order valence-corrected chi connectivity index (χ1v) is 7.91. The third-order valence-electron chi connectivity index (χ3n) is 3.35. The summed E-state index contributed by atoms with van der Waals surface area (Å²) in [5.74, 6) is 0. The maximum absolute atomic E-state index is 12.0. The second-order valence-corrected chi connectivity index (χ2v) is 8.17. The third-order valence-corrected chi connectivity index (χ3v) is 3.35. The SMILES string of the molecule is CC(C)(C)OC(=O)NCC1(CCO)CN(C(=O)OC(C)(C)C)C1. The van der Waals surface area contributed by atoms with Crippen molar-refractivity contribution in [3.05, 3.63) is 0 Å². The number of nitrogens with one attached hydrogen (secondary N) is 1. The molecule has 1 heterocycles. The molecule has 1 rings (SSSR count). The van der Waals surface area contributed by atoms with Crippen LogP contribution in [0.15, 0.2) is 0 Å². The maximum atomic E-state index is 12.0.